The van der Waals surface area contributed by atoms with Crippen molar-refractivity contribution in [2.24, 2.45) is 5.92 Å². The van der Waals surface area contributed by atoms with Crippen molar-refractivity contribution < 1.29 is 14.7 Å². The molecule has 5 nitrogen and oxygen atoms in total. The number of carboxylic acids is 1. The summed E-state index contributed by atoms with van der Waals surface area (Å²) in [5.74, 6) is -1.05. The monoisotopic (exact) mass is 336 g/mol. The van der Waals surface area contributed by atoms with Gasteiger partial charge in [-0.25, -0.2) is 0 Å². The van der Waals surface area contributed by atoms with Gasteiger partial charge in [0.1, 0.15) is 6.04 Å². The van der Waals surface area contributed by atoms with Gasteiger partial charge in [0.2, 0.25) is 5.91 Å². The van der Waals surface area contributed by atoms with E-state index in [1.54, 1.807) is 0 Å². The summed E-state index contributed by atoms with van der Waals surface area (Å²) in [6, 6.07) is 7.11. The molecule has 2 unspecified atom stereocenters. The molecule has 3 N–H and O–H groups in total. The molecule has 6 heteroatoms. The average Bonchev–Trinajstić information content (AvgIpc) is 2.51. The molecule has 2 aliphatic rings. The summed E-state index contributed by atoms with van der Waals surface area (Å²) in [6.45, 7) is 0.404. The number of carbonyl (C=O) groups excluding carboxylic acids is 1. The third kappa shape index (κ3) is 3.21. The first-order chi connectivity index (χ1) is 11.0. The minimum Gasteiger partial charge on any atom is -0.480 e. The van der Waals surface area contributed by atoms with Crippen molar-refractivity contribution in [1.82, 2.24) is 10.6 Å². The van der Waals surface area contributed by atoms with Gasteiger partial charge < -0.3 is 15.7 Å². The first-order valence-corrected chi connectivity index (χ1v) is 8.43. The lowest BCUT2D eigenvalue weighted by Gasteiger charge is -2.44. The lowest BCUT2D eigenvalue weighted by Crippen LogP contribution is -2.55. The van der Waals surface area contributed by atoms with Gasteiger partial charge in [0.25, 0.3) is 0 Å². The van der Waals surface area contributed by atoms with Gasteiger partial charge in [0.15, 0.2) is 0 Å². The topological polar surface area (TPSA) is 78.4 Å². The second-order valence-corrected chi connectivity index (χ2v) is 6.89. The lowest BCUT2D eigenvalue weighted by atomic mass is 9.71. The summed E-state index contributed by atoms with van der Waals surface area (Å²) in [4.78, 5) is 23.6. The molecule has 2 atom stereocenters. The van der Waals surface area contributed by atoms with Gasteiger partial charge in [0, 0.05) is 11.6 Å². The Morgan fingerprint density at radius 1 is 1.26 bits per heavy atom. The van der Waals surface area contributed by atoms with E-state index in [2.05, 4.69) is 10.6 Å². The van der Waals surface area contributed by atoms with Crippen LogP contribution in [0.25, 0.3) is 0 Å². The van der Waals surface area contributed by atoms with E-state index in [9.17, 15) is 9.59 Å². The molecule has 0 bridgehead atoms. The second kappa shape index (κ2) is 6.49. The highest BCUT2D eigenvalue weighted by Gasteiger charge is 2.42. The fourth-order valence-electron chi connectivity index (χ4n) is 3.47. The first kappa shape index (κ1) is 16.3. The van der Waals surface area contributed by atoms with E-state index in [1.807, 2.05) is 24.3 Å². The Hall–Kier alpha value is -1.59. The Labute approximate surface area is 140 Å². The van der Waals surface area contributed by atoms with Crippen LogP contribution in [0.15, 0.2) is 24.3 Å². The number of rotatable bonds is 4. The molecular formula is C17H21ClN2O3. The number of piperidine rings is 1. The predicted molar refractivity (Wildman–Crippen MR) is 87.3 cm³/mol. The Balaban J connectivity index is 1.67. The summed E-state index contributed by atoms with van der Waals surface area (Å²) in [7, 11) is 0. The van der Waals surface area contributed by atoms with Crippen molar-refractivity contribution >= 4 is 23.5 Å². The zero-order valence-corrected chi connectivity index (χ0v) is 13.6. The highest BCUT2D eigenvalue weighted by Crippen LogP contribution is 2.44. The largest absolute Gasteiger partial charge is 0.480 e. The summed E-state index contributed by atoms with van der Waals surface area (Å²) >= 11 is 6.32. The Morgan fingerprint density at radius 2 is 2.00 bits per heavy atom. The van der Waals surface area contributed by atoms with Crippen molar-refractivity contribution in [3.05, 3.63) is 34.9 Å². The van der Waals surface area contributed by atoms with Crippen LogP contribution in [0.3, 0.4) is 0 Å². The SMILES string of the molecule is O=C(NC1(c2ccccc2Cl)CCC1)C1CCC(C(=O)O)NC1. The molecule has 1 aliphatic heterocycles. The third-order valence-electron chi connectivity index (χ3n) is 5.04. The quantitative estimate of drug-likeness (QED) is 0.788. The van der Waals surface area contributed by atoms with E-state index < -0.39 is 12.0 Å². The molecule has 23 heavy (non-hydrogen) atoms. The average molecular weight is 337 g/mol. The minimum atomic E-state index is -0.851. The highest BCUT2D eigenvalue weighted by atomic mass is 35.5. The van der Waals surface area contributed by atoms with Crippen molar-refractivity contribution in [2.45, 2.75) is 43.7 Å². The van der Waals surface area contributed by atoms with Crippen LogP contribution in [0.2, 0.25) is 5.02 Å². The van der Waals surface area contributed by atoms with Crippen molar-refractivity contribution in [2.75, 3.05) is 6.54 Å². The van der Waals surface area contributed by atoms with Crippen LogP contribution in [0, 0.1) is 5.92 Å². The van der Waals surface area contributed by atoms with Gasteiger partial charge in [-0.2, -0.15) is 0 Å². The fraction of sp³-hybridized carbons (Fsp3) is 0.529. The smallest absolute Gasteiger partial charge is 0.320 e. The van der Waals surface area contributed by atoms with Crippen molar-refractivity contribution in [3.63, 3.8) is 0 Å². The Bertz CT molecular complexity index is 608. The van der Waals surface area contributed by atoms with Crippen molar-refractivity contribution in [3.8, 4) is 0 Å². The molecule has 1 heterocycles. The first-order valence-electron chi connectivity index (χ1n) is 8.05. The number of halogens is 1. The zero-order valence-electron chi connectivity index (χ0n) is 12.8. The van der Waals surface area contributed by atoms with Gasteiger partial charge in [-0.05, 0) is 43.7 Å². The van der Waals surface area contributed by atoms with Crippen molar-refractivity contribution in [1.29, 1.82) is 0 Å². The molecule has 124 valence electrons. The number of hydrogen-bond acceptors (Lipinski definition) is 3. The summed E-state index contributed by atoms with van der Waals surface area (Å²) in [6.07, 6.45) is 3.91. The van der Waals surface area contributed by atoms with E-state index in [0.717, 1.165) is 24.8 Å². The maximum Gasteiger partial charge on any atom is 0.320 e. The standard InChI is InChI=1S/C17H21ClN2O3/c18-13-5-2-1-4-12(13)17(8-3-9-17)20-15(21)11-6-7-14(16(22)23)19-10-11/h1-2,4-5,11,14,19H,3,6-10H2,(H,20,21)(H,22,23). The van der Waals surface area contributed by atoms with Gasteiger partial charge in [-0.3, -0.25) is 9.59 Å². The maximum atomic E-state index is 12.6. The summed E-state index contributed by atoms with van der Waals surface area (Å²) < 4.78 is 0. The van der Waals surface area contributed by atoms with E-state index in [-0.39, 0.29) is 17.4 Å². The van der Waals surface area contributed by atoms with Crippen LogP contribution in [0.4, 0.5) is 0 Å². The van der Waals surface area contributed by atoms with Crippen LogP contribution < -0.4 is 10.6 Å². The number of carboxylic acid groups (broad SMARTS) is 1. The number of nitrogens with one attached hydrogen (secondary N) is 2. The Morgan fingerprint density at radius 3 is 2.52 bits per heavy atom. The van der Waals surface area contributed by atoms with E-state index in [0.29, 0.717) is 24.4 Å². The van der Waals surface area contributed by atoms with Gasteiger partial charge in [-0.1, -0.05) is 29.8 Å². The number of amides is 1. The highest BCUT2D eigenvalue weighted by molar-refractivity contribution is 6.31. The summed E-state index contributed by atoms with van der Waals surface area (Å²) in [5.41, 5.74) is 0.618. The molecule has 1 aromatic carbocycles. The maximum absolute atomic E-state index is 12.6. The zero-order chi connectivity index (χ0) is 16.4. The molecule has 3 rings (SSSR count). The number of aliphatic carboxylic acids is 1. The molecule has 1 aromatic rings. The van der Waals surface area contributed by atoms with Gasteiger partial charge in [0.05, 0.1) is 11.5 Å². The molecule has 0 aromatic heterocycles. The molecule has 1 saturated heterocycles. The third-order valence-corrected chi connectivity index (χ3v) is 5.37. The number of carbonyl (C=O) groups is 2. The van der Waals surface area contributed by atoms with E-state index in [4.69, 9.17) is 16.7 Å². The predicted octanol–water partition coefficient (Wildman–Crippen LogP) is 2.29. The van der Waals surface area contributed by atoms with Crippen LogP contribution in [-0.4, -0.2) is 29.6 Å². The Kier molecular flexibility index (Phi) is 4.60. The molecular weight excluding hydrogens is 316 g/mol. The molecule has 1 amide bonds. The second-order valence-electron chi connectivity index (χ2n) is 6.48. The van der Waals surface area contributed by atoms with Crippen LogP contribution >= 0.6 is 11.6 Å². The molecule has 2 fully saturated rings. The van der Waals surface area contributed by atoms with Gasteiger partial charge >= 0.3 is 5.97 Å². The molecule has 0 spiro atoms. The van der Waals surface area contributed by atoms with E-state index >= 15 is 0 Å². The lowest BCUT2D eigenvalue weighted by molar-refractivity contribution is -0.141. The molecule has 0 radical (unpaired) electrons. The molecule has 1 saturated carbocycles. The molecule has 1 aliphatic carbocycles. The van der Waals surface area contributed by atoms with Crippen LogP contribution in [0.1, 0.15) is 37.7 Å². The normalized spacial score (nSPS) is 26.1. The van der Waals surface area contributed by atoms with E-state index in [1.165, 1.54) is 0 Å². The number of hydrogen-bond donors (Lipinski definition) is 3. The van der Waals surface area contributed by atoms with Crippen LogP contribution in [0.5, 0.6) is 0 Å². The fourth-order valence-corrected chi connectivity index (χ4v) is 3.79. The van der Waals surface area contributed by atoms with Gasteiger partial charge in [-0.15, -0.1) is 0 Å². The minimum absolute atomic E-state index is 0.0130. The number of benzene rings is 1. The summed E-state index contributed by atoms with van der Waals surface area (Å²) in [5, 5.41) is 15.8. The van der Waals surface area contributed by atoms with Crippen LogP contribution in [-0.2, 0) is 15.1 Å².